The van der Waals surface area contributed by atoms with E-state index < -0.39 is 72.5 Å². The molecule has 0 radical (unpaired) electrons. The molecule has 0 bridgehead atoms. The third-order valence-electron chi connectivity index (χ3n) is 4.70. The lowest BCUT2D eigenvalue weighted by Gasteiger charge is -2.30. The average Bonchev–Trinajstić information content (AvgIpc) is 3.13. The van der Waals surface area contributed by atoms with Gasteiger partial charge in [-0.05, 0) is 26.7 Å². The zero-order valence-corrected chi connectivity index (χ0v) is 16.6. The Labute approximate surface area is 172 Å². The second-order valence-corrected chi connectivity index (χ2v) is 7.18. The molecular weight excluding hydrogens is 404 g/mol. The van der Waals surface area contributed by atoms with Crippen LogP contribution in [-0.2, 0) is 24.0 Å². The second kappa shape index (κ2) is 10.8. The molecule has 1 aliphatic rings. The number of carboxylic acid groups (broad SMARTS) is 2. The molecule has 6 atom stereocenters. The number of amides is 3. The van der Waals surface area contributed by atoms with Crippen molar-refractivity contribution >= 4 is 29.7 Å². The maximum atomic E-state index is 12.7. The first-order valence-electron chi connectivity index (χ1n) is 9.34. The lowest BCUT2D eigenvalue weighted by molar-refractivity contribution is -0.151. The number of aliphatic hydroxyl groups is 2. The molecule has 6 unspecified atom stereocenters. The molecule has 0 spiro atoms. The van der Waals surface area contributed by atoms with E-state index in [1.165, 1.54) is 13.8 Å². The fourth-order valence-electron chi connectivity index (χ4n) is 2.98. The Morgan fingerprint density at radius 1 is 1.03 bits per heavy atom. The van der Waals surface area contributed by atoms with Crippen LogP contribution in [0.4, 0.5) is 0 Å². The second-order valence-electron chi connectivity index (χ2n) is 7.18. The summed E-state index contributed by atoms with van der Waals surface area (Å²) in [6.07, 6.45) is -2.91. The Balaban J connectivity index is 2.98. The van der Waals surface area contributed by atoms with Crippen LogP contribution in [0.3, 0.4) is 0 Å². The molecule has 13 heteroatoms. The van der Waals surface area contributed by atoms with Gasteiger partial charge in [-0.1, -0.05) is 0 Å². The van der Waals surface area contributed by atoms with Crippen molar-refractivity contribution in [1.82, 2.24) is 15.5 Å². The Kier molecular flexibility index (Phi) is 9.14. The molecule has 0 saturated carbocycles. The number of hydrogen-bond acceptors (Lipinski definition) is 8. The summed E-state index contributed by atoms with van der Waals surface area (Å²) in [5.41, 5.74) is 5.47. The van der Waals surface area contributed by atoms with Crippen LogP contribution >= 0.6 is 0 Å². The summed E-state index contributed by atoms with van der Waals surface area (Å²) in [5.74, 6) is -5.58. The molecule has 0 aromatic rings. The summed E-state index contributed by atoms with van der Waals surface area (Å²) in [4.78, 5) is 60.7. The van der Waals surface area contributed by atoms with Crippen molar-refractivity contribution in [3.63, 3.8) is 0 Å². The SMILES string of the molecule is CC(O)C(N)C(=O)NC(CC(=O)O)C(=O)NC(C(=O)N1CCCC1C(=O)O)C(C)O. The summed E-state index contributed by atoms with van der Waals surface area (Å²) in [6, 6.07) is -5.74. The van der Waals surface area contributed by atoms with Crippen molar-refractivity contribution < 1.29 is 44.4 Å². The van der Waals surface area contributed by atoms with Crippen molar-refractivity contribution in [2.75, 3.05) is 6.54 Å². The number of hydrogen-bond donors (Lipinski definition) is 7. The Bertz CT molecular complexity index is 682. The van der Waals surface area contributed by atoms with E-state index in [2.05, 4.69) is 10.6 Å². The van der Waals surface area contributed by atoms with Crippen molar-refractivity contribution in [2.24, 2.45) is 5.73 Å². The van der Waals surface area contributed by atoms with E-state index in [-0.39, 0.29) is 13.0 Å². The van der Waals surface area contributed by atoms with Gasteiger partial charge >= 0.3 is 11.9 Å². The number of nitrogens with zero attached hydrogens (tertiary/aromatic N) is 1. The number of nitrogens with two attached hydrogens (primary N) is 1. The summed E-state index contributed by atoms with van der Waals surface area (Å²) >= 11 is 0. The lowest BCUT2D eigenvalue weighted by Crippen LogP contribution is -2.60. The molecule has 1 rings (SSSR count). The number of likely N-dealkylation sites (tertiary alicyclic amines) is 1. The first-order valence-corrected chi connectivity index (χ1v) is 9.34. The largest absolute Gasteiger partial charge is 0.481 e. The molecular formula is C17H28N4O9. The van der Waals surface area contributed by atoms with E-state index in [4.69, 9.17) is 10.8 Å². The molecule has 30 heavy (non-hydrogen) atoms. The predicted molar refractivity (Wildman–Crippen MR) is 99.8 cm³/mol. The highest BCUT2D eigenvalue weighted by molar-refractivity contribution is 5.96. The normalized spacial score (nSPS) is 21.1. The van der Waals surface area contributed by atoms with Crippen LogP contribution in [0, 0.1) is 0 Å². The van der Waals surface area contributed by atoms with Gasteiger partial charge in [0.15, 0.2) is 0 Å². The zero-order valence-electron chi connectivity index (χ0n) is 16.6. The number of carbonyl (C=O) groups is 5. The molecule has 1 fully saturated rings. The Morgan fingerprint density at radius 3 is 2.10 bits per heavy atom. The van der Waals surface area contributed by atoms with Crippen molar-refractivity contribution in [1.29, 1.82) is 0 Å². The summed E-state index contributed by atoms with van der Waals surface area (Å²) in [7, 11) is 0. The molecule has 0 aromatic carbocycles. The Hall–Kier alpha value is -2.77. The molecule has 1 aliphatic heterocycles. The Morgan fingerprint density at radius 2 is 1.63 bits per heavy atom. The average molecular weight is 432 g/mol. The van der Waals surface area contributed by atoms with Gasteiger partial charge in [0.1, 0.15) is 24.2 Å². The lowest BCUT2D eigenvalue weighted by atomic mass is 10.1. The van der Waals surface area contributed by atoms with Gasteiger partial charge in [0, 0.05) is 6.54 Å². The summed E-state index contributed by atoms with van der Waals surface area (Å²) in [5, 5.41) is 41.8. The van der Waals surface area contributed by atoms with E-state index in [0.717, 1.165) is 4.90 Å². The van der Waals surface area contributed by atoms with Crippen LogP contribution in [0.25, 0.3) is 0 Å². The summed E-state index contributed by atoms with van der Waals surface area (Å²) < 4.78 is 0. The number of carboxylic acids is 2. The molecule has 170 valence electrons. The van der Waals surface area contributed by atoms with Gasteiger partial charge in [-0.3, -0.25) is 19.2 Å². The predicted octanol–water partition coefficient (Wildman–Crippen LogP) is -3.40. The third-order valence-corrected chi connectivity index (χ3v) is 4.70. The van der Waals surface area contributed by atoms with Gasteiger partial charge in [0.25, 0.3) is 0 Å². The van der Waals surface area contributed by atoms with E-state index in [1.54, 1.807) is 0 Å². The third kappa shape index (κ3) is 6.64. The monoisotopic (exact) mass is 432 g/mol. The van der Waals surface area contributed by atoms with E-state index in [1.807, 2.05) is 0 Å². The molecule has 0 aliphatic carbocycles. The van der Waals surface area contributed by atoms with E-state index in [9.17, 15) is 39.3 Å². The van der Waals surface area contributed by atoms with Crippen LogP contribution in [-0.4, -0.2) is 97.9 Å². The van der Waals surface area contributed by atoms with Crippen LogP contribution in [0.1, 0.15) is 33.1 Å². The minimum Gasteiger partial charge on any atom is -0.481 e. The highest BCUT2D eigenvalue weighted by Crippen LogP contribution is 2.19. The van der Waals surface area contributed by atoms with Crippen LogP contribution in [0.2, 0.25) is 0 Å². The fraction of sp³-hybridized carbons (Fsp3) is 0.706. The van der Waals surface area contributed by atoms with Crippen molar-refractivity contribution in [2.45, 2.75) is 69.5 Å². The molecule has 1 heterocycles. The number of carbonyl (C=O) groups excluding carboxylic acids is 3. The van der Waals surface area contributed by atoms with Crippen molar-refractivity contribution in [3.05, 3.63) is 0 Å². The number of aliphatic carboxylic acids is 2. The van der Waals surface area contributed by atoms with Crippen LogP contribution in [0.15, 0.2) is 0 Å². The zero-order chi connectivity index (χ0) is 23.2. The topological polar surface area (TPSA) is 220 Å². The highest BCUT2D eigenvalue weighted by Gasteiger charge is 2.40. The summed E-state index contributed by atoms with van der Waals surface area (Å²) in [6.45, 7) is 2.55. The molecule has 0 aromatic heterocycles. The first kappa shape index (κ1) is 25.3. The van der Waals surface area contributed by atoms with E-state index in [0.29, 0.717) is 6.42 Å². The molecule has 3 amide bonds. The van der Waals surface area contributed by atoms with Gasteiger partial charge in [-0.2, -0.15) is 0 Å². The standard InChI is InChI=1S/C17H28N4O9/c1-7(22)12(18)15(27)19-9(6-11(24)25)14(26)20-13(8(2)23)16(28)21-5-3-4-10(21)17(29)30/h7-10,12-13,22-23H,3-6,18H2,1-2H3,(H,19,27)(H,20,26)(H,24,25)(H,29,30). The quantitative estimate of drug-likeness (QED) is 0.181. The van der Waals surface area contributed by atoms with Crippen LogP contribution in [0.5, 0.6) is 0 Å². The molecule has 8 N–H and O–H groups in total. The first-order chi connectivity index (χ1) is 13.9. The van der Waals surface area contributed by atoms with Gasteiger partial charge < -0.3 is 41.7 Å². The highest BCUT2D eigenvalue weighted by atomic mass is 16.4. The fourth-order valence-corrected chi connectivity index (χ4v) is 2.98. The van der Waals surface area contributed by atoms with Gasteiger partial charge in [0.05, 0.1) is 18.6 Å². The number of nitrogens with one attached hydrogen (secondary N) is 2. The van der Waals surface area contributed by atoms with Crippen LogP contribution < -0.4 is 16.4 Å². The van der Waals surface area contributed by atoms with Gasteiger partial charge in [-0.15, -0.1) is 0 Å². The maximum absolute atomic E-state index is 12.7. The van der Waals surface area contributed by atoms with Gasteiger partial charge in [-0.25, -0.2) is 4.79 Å². The minimum atomic E-state index is -1.65. The number of rotatable bonds is 10. The van der Waals surface area contributed by atoms with E-state index >= 15 is 0 Å². The van der Waals surface area contributed by atoms with Gasteiger partial charge in [0.2, 0.25) is 17.7 Å². The molecule has 1 saturated heterocycles. The number of aliphatic hydroxyl groups excluding tert-OH is 2. The van der Waals surface area contributed by atoms with Crippen molar-refractivity contribution in [3.8, 4) is 0 Å². The minimum absolute atomic E-state index is 0.118. The smallest absolute Gasteiger partial charge is 0.326 e. The maximum Gasteiger partial charge on any atom is 0.326 e. The molecule has 13 nitrogen and oxygen atoms in total.